The van der Waals surface area contributed by atoms with Crippen LogP contribution in [0, 0.1) is 0 Å². The van der Waals surface area contributed by atoms with E-state index in [0.717, 1.165) is 11.1 Å². The summed E-state index contributed by atoms with van der Waals surface area (Å²) in [6, 6.07) is 18.2. The zero-order valence-electron chi connectivity index (χ0n) is 13.7. The molecule has 22 heavy (non-hydrogen) atoms. The molecule has 1 aliphatic rings. The van der Waals surface area contributed by atoms with Crippen LogP contribution in [0.15, 0.2) is 48.5 Å². The number of hydrogen-bond donors (Lipinski definition) is 0. The number of rotatable bonds is 2. The largest absolute Gasteiger partial charge is 0.144 e. The van der Waals surface area contributed by atoms with Gasteiger partial charge in [-0.2, -0.15) is 0 Å². The third-order valence-corrected chi connectivity index (χ3v) is 13.7. The van der Waals surface area contributed by atoms with Crippen LogP contribution >= 0.6 is 11.3 Å². The number of benzene rings is 2. The van der Waals surface area contributed by atoms with Crippen molar-refractivity contribution < 1.29 is 0 Å². The lowest BCUT2D eigenvalue weighted by Crippen LogP contribution is -2.59. The second-order valence-electron chi connectivity index (χ2n) is 7.03. The maximum absolute atomic E-state index is 2.45. The normalized spacial score (nSPS) is 15.5. The van der Waals surface area contributed by atoms with Crippen molar-refractivity contribution in [1.82, 2.24) is 0 Å². The summed E-state index contributed by atoms with van der Waals surface area (Å²) in [7, 11) is -1.69. The second-order valence-corrected chi connectivity index (χ2v) is 13.5. The fraction of sp³-hybridized carbons (Fsp3) is 0.300. The van der Waals surface area contributed by atoms with Gasteiger partial charge in [-0.05, 0) is 33.5 Å². The zero-order chi connectivity index (χ0) is 15.5. The van der Waals surface area contributed by atoms with Gasteiger partial charge in [-0.15, -0.1) is 11.3 Å². The molecule has 0 aliphatic carbocycles. The number of hydrogen-bond acceptors (Lipinski definition) is 1. The first-order valence-corrected chi connectivity index (χ1v) is 11.2. The number of fused-ring (bicyclic) bond motifs is 5. The Hall–Kier alpha value is -1.38. The van der Waals surface area contributed by atoms with Crippen LogP contribution < -0.4 is 9.69 Å². The first-order chi connectivity index (χ1) is 10.6. The Labute approximate surface area is 137 Å². The molecule has 4 rings (SSSR count). The van der Waals surface area contributed by atoms with Gasteiger partial charge >= 0.3 is 0 Å². The Kier molecular flexibility index (Phi) is 3.11. The molecular weight excluding hydrogens is 300 g/mol. The van der Waals surface area contributed by atoms with Crippen molar-refractivity contribution in [2.45, 2.75) is 38.8 Å². The molecular formula is C20H22SSi. The molecule has 0 N–H and O–H groups in total. The molecule has 0 fully saturated rings. The first kappa shape index (κ1) is 14.2. The molecule has 1 aliphatic heterocycles. The standard InChI is InChI=1S/C20H22SSi/c1-13(2)22(14(3)4)18-12-8-6-10-16(18)19-15-9-5-7-11-17(15)21-20(19)22/h5-14H,1-4H3. The summed E-state index contributed by atoms with van der Waals surface area (Å²) in [5, 5.41) is 3.14. The van der Waals surface area contributed by atoms with E-state index in [0.29, 0.717) is 0 Å². The van der Waals surface area contributed by atoms with Crippen molar-refractivity contribution in [3.05, 3.63) is 48.5 Å². The fourth-order valence-electron chi connectivity index (χ4n) is 4.60. The summed E-state index contributed by atoms with van der Waals surface area (Å²) in [6.07, 6.45) is 0. The SMILES string of the molecule is CC(C)[Si]1(C(C)C)c2ccccc2-c2c1sc1ccccc21. The van der Waals surface area contributed by atoms with Gasteiger partial charge in [0.05, 0.1) is 0 Å². The molecule has 0 saturated heterocycles. The molecule has 3 aromatic rings. The highest BCUT2D eigenvalue weighted by molar-refractivity contribution is 7.36. The molecule has 0 nitrogen and oxygen atoms in total. The van der Waals surface area contributed by atoms with Crippen molar-refractivity contribution >= 4 is 39.2 Å². The lowest BCUT2D eigenvalue weighted by molar-refractivity contribution is 0.932. The van der Waals surface area contributed by atoms with E-state index in [1.807, 2.05) is 0 Å². The molecule has 0 radical (unpaired) electrons. The van der Waals surface area contributed by atoms with Crippen LogP contribution in [0.25, 0.3) is 21.2 Å². The van der Waals surface area contributed by atoms with E-state index in [9.17, 15) is 0 Å². The van der Waals surface area contributed by atoms with Gasteiger partial charge in [0.2, 0.25) is 0 Å². The van der Waals surface area contributed by atoms with Crippen molar-refractivity contribution in [2.24, 2.45) is 0 Å². The Morgan fingerprint density at radius 3 is 2.18 bits per heavy atom. The molecule has 0 amide bonds. The minimum Gasteiger partial charge on any atom is -0.144 e. The molecule has 0 bridgehead atoms. The average Bonchev–Trinajstić information content (AvgIpc) is 2.99. The van der Waals surface area contributed by atoms with Gasteiger partial charge in [-0.3, -0.25) is 0 Å². The molecule has 112 valence electrons. The number of thiophene rings is 1. The van der Waals surface area contributed by atoms with Gasteiger partial charge < -0.3 is 0 Å². The van der Waals surface area contributed by atoms with Gasteiger partial charge in [0.1, 0.15) is 8.07 Å². The van der Waals surface area contributed by atoms with E-state index < -0.39 is 8.07 Å². The van der Waals surface area contributed by atoms with Gasteiger partial charge in [-0.25, -0.2) is 0 Å². The molecule has 2 aromatic carbocycles. The lowest BCUT2D eigenvalue weighted by atomic mass is 10.1. The molecule has 0 unspecified atom stereocenters. The third kappa shape index (κ3) is 1.57. The van der Waals surface area contributed by atoms with Gasteiger partial charge in [0, 0.05) is 14.6 Å². The minimum absolute atomic E-state index is 0.725. The van der Waals surface area contributed by atoms with Crippen LogP contribution in [-0.4, -0.2) is 8.07 Å². The molecule has 1 aromatic heterocycles. The van der Waals surface area contributed by atoms with E-state index in [2.05, 4.69) is 87.6 Å². The summed E-state index contributed by atoms with van der Waals surface area (Å²) in [6.45, 7) is 9.79. The summed E-state index contributed by atoms with van der Waals surface area (Å²) >= 11 is 2.07. The van der Waals surface area contributed by atoms with Crippen LogP contribution in [0.1, 0.15) is 27.7 Å². The smallest absolute Gasteiger partial charge is 0.137 e. The van der Waals surface area contributed by atoms with Crippen molar-refractivity contribution in [2.75, 3.05) is 0 Å². The highest BCUT2D eigenvalue weighted by Crippen LogP contribution is 2.46. The Balaban J connectivity index is 2.20. The van der Waals surface area contributed by atoms with Crippen molar-refractivity contribution in [1.29, 1.82) is 0 Å². The van der Waals surface area contributed by atoms with E-state index in [1.54, 1.807) is 15.3 Å². The van der Waals surface area contributed by atoms with Crippen molar-refractivity contribution in [3.63, 3.8) is 0 Å². The Morgan fingerprint density at radius 1 is 0.818 bits per heavy atom. The Morgan fingerprint density at radius 2 is 1.45 bits per heavy atom. The predicted molar refractivity (Wildman–Crippen MR) is 102 cm³/mol. The topological polar surface area (TPSA) is 0 Å². The average molecular weight is 323 g/mol. The van der Waals surface area contributed by atoms with Gasteiger partial charge in [-0.1, -0.05) is 70.2 Å². The summed E-state index contributed by atoms with van der Waals surface area (Å²) in [5.41, 5.74) is 4.53. The summed E-state index contributed by atoms with van der Waals surface area (Å²) in [5.74, 6) is 0. The van der Waals surface area contributed by atoms with E-state index >= 15 is 0 Å². The molecule has 2 heteroatoms. The van der Waals surface area contributed by atoms with E-state index in [4.69, 9.17) is 0 Å². The van der Waals surface area contributed by atoms with Crippen LogP contribution in [0.3, 0.4) is 0 Å². The molecule has 0 atom stereocenters. The zero-order valence-corrected chi connectivity index (χ0v) is 15.5. The monoisotopic (exact) mass is 322 g/mol. The van der Waals surface area contributed by atoms with Gasteiger partial charge in [0.15, 0.2) is 0 Å². The van der Waals surface area contributed by atoms with E-state index in [1.165, 1.54) is 15.6 Å². The van der Waals surface area contributed by atoms with Crippen LogP contribution in [0.5, 0.6) is 0 Å². The maximum Gasteiger partial charge on any atom is 0.137 e. The molecule has 0 saturated carbocycles. The van der Waals surface area contributed by atoms with Crippen LogP contribution in [-0.2, 0) is 0 Å². The quantitative estimate of drug-likeness (QED) is 0.564. The van der Waals surface area contributed by atoms with E-state index in [-0.39, 0.29) is 0 Å². The molecule has 2 heterocycles. The summed E-state index contributed by atoms with van der Waals surface area (Å²) in [4.78, 5) is 0. The summed E-state index contributed by atoms with van der Waals surface area (Å²) < 4.78 is 3.18. The van der Waals surface area contributed by atoms with Crippen molar-refractivity contribution in [3.8, 4) is 11.1 Å². The lowest BCUT2D eigenvalue weighted by Gasteiger charge is -2.36. The Bertz CT molecular complexity index is 849. The fourth-order valence-corrected chi connectivity index (χ4v) is 13.9. The highest BCUT2D eigenvalue weighted by Gasteiger charge is 2.51. The van der Waals surface area contributed by atoms with Gasteiger partial charge in [0.25, 0.3) is 0 Å². The second kappa shape index (κ2) is 4.80. The maximum atomic E-state index is 2.45. The third-order valence-electron chi connectivity index (χ3n) is 5.43. The predicted octanol–water partition coefficient (Wildman–Crippen LogP) is 5.26. The minimum atomic E-state index is -1.69. The van der Waals surface area contributed by atoms with Crippen LogP contribution in [0.4, 0.5) is 0 Å². The molecule has 0 spiro atoms. The highest BCUT2D eigenvalue weighted by atomic mass is 32.1. The first-order valence-electron chi connectivity index (χ1n) is 8.20. The van der Waals surface area contributed by atoms with Crippen LogP contribution in [0.2, 0.25) is 11.1 Å².